The lowest BCUT2D eigenvalue weighted by molar-refractivity contribution is 0.179. The third-order valence-electron chi connectivity index (χ3n) is 4.48. The largest absolute Gasteiger partial charge is 0.447 e. The van der Waals surface area contributed by atoms with Crippen LogP contribution in [0.4, 0.5) is 16.6 Å². The van der Waals surface area contributed by atoms with Crippen LogP contribution >= 0.6 is 0 Å². The molecule has 2 atom stereocenters. The van der Waals surface area contributed by atoms with Crippen molar-refractivity contribution in [2.24, 2.45) is 0 Å². The number of nitrogens with one attached hydrogen (secondary N) is 1. The first-order valence-electron chi connectivity index (χ1n) is 8.73. The highest BCUT2D eigenvalue weighted by Crippen LogP contribution is 2.32. The molecule has 1 saturated heterocycles. The molecule has 0 saturated carbocycles. The highest BCUT2D eigenvalue weighted by molar-refractivity contribution is 5.89. The first-order chi connectivity index (χ1) is 13.2. The highest BCUT2D eigenvalue weighted by Gasteiger charge is 2.36. The van der Waals surface area contributed by atoms with E-state index in [0.29, 0.717) is 11.8 Å². The molecule has 136 valence electrons. The predicted octanol–water partition coefficient (Wildman–Crippen LogP) is 3.74. The van der Waals surface area contributed by atoms with E-state index in [1.807, 2.05) is 49.4 Å². The average Bonchev–Trinajstić information content (AvgIpc) is 3.11. The summed E-state index contributed by atoms with van der Waals surface area (Å²) in [7, 11) is 0. The van der Waals surface area contributed by atoms with Crippen molar-refractivity contribution in [3.63, 3.8) is 0 Å². The maximum absolute atomic E-state index is 12.3. The van der Waals surface area contributed by atoms with E-state index in [1.54, 1.807) is 24.7 Å². The van der Waals surface area contributed by atoms with E-state index in [4.69, 9.17) is 4.74 Å². The lowest BCUT2D eigenvalue weighted by atomic mass is 10.1. The van der Waals surface area contributed by atoms with Crippen LogP contribution in [0.1, 0.15) is 30.1 Å². The third-order valence-corrected chi connectivity index (χ3v) is 4.48. The van der Waals surface area contributed by atoms with Crippen LogP contribution < -0.4 is 10.2 Å². The summed E-state index contributed by atoms with van der Waals surface area (Å²) < 4.78 is 5.26. The van der Waals surface area contributed by atoms with Gasteiger partial charge in [-0.15, -0.1) is 0 Å². The van der Waals surface area contributed by atoms with Gasteiger partial charge in [-0.1, -0.05) is 36.4 Å². The molecule has 2 aromatic heterocycles. The zero-order chi connectivity index (χ0) is 18.6. The number of cyclic esters (lactones) is 1. The van der Waals surface area contributed by atoms with Crippen molar-refractivity contribution in [3.8, 4) is 0 Å². The number of ether oxygens (including phenoxy) is 1. The number of amides is 1. The van der Waals surface area contributed by atoms with Crippen LogP contribution in [-0.4, -0.2) is 27.7 Å². The molecule has 27 heavy (non-hydrogen) atoms. The minimum Gasteiger partial charge on any atom is -0.447 e. The Kier molecular flexibility index (Phi) is 4.65. The van der Waals surface area contributed by atoms with Gasteiger partial charge in [-0.25, -0.2) is 9.78 Å². The van der Waals surface area contributed by atoms with Gasteiger partial charge >= 0.3 is 6.09 Å². The Bertz CT molecular complexity index is 920. The summed E-state index contributed by atoms with van der Waals surface area (Å²) in [5.41, 5.74) is 2.02. The molecule has 1 aromatic carbocycles. The van der Waals surface area contributed by atoms with Crippen molar-refractivity contribution in [1.29, 1.82) is 0 Å². The highest BCUT2D eigenvalue weighted by atomic mass is 16.6. The van der Waals surface area contributed by atoms with Gasteiger partial charge in [-0.2, -0.15) is 4.98 Å². The van der Waals surface area contributed by atoms with Gasteiger partial charge in [0.05, 0.1) is 6.04 Å². The molecule has 1 amide bonds. The molecule has 1 fully saturated rings. The van der Waals surface area contributed by atoms with Gasteiger partial charge in [-0.05, 0) is 30.2 Å². The number of anilines is 2. The fraction of sp³-hybridized carbons (Fsp3) is 0.200. The molecule has 1 aliphatic heterocycles. The molecule has 7 nitrogen and oxygen atoms in total. The molecule has 1 N–H and O–H groups in total. The smallest absolute Gasteiger partial charge is 0.416 e. The number of hydrogen-bond acceptors (Lipinski definition) is 6. The van der Waals surface area contributed by atoms with Crippen molar-refractivity contribution in [2.45, 2.75) is 19.0 Å². The molecular formula is C20H19N5O2. The number of aromatic nitrogens is 3. The Labute approximate surface area is 157 Å². The lowest BCUT2D eigenvalue weighted by Crippen LogP contribution is -2.28. The Morgan fingerprint density at radius 2 is 2.00 bits per heavy atom. The molecule has 4 rings (SSSR count). The fourth-order valence-corrected chi connectivity index (χ4v) is 3.06. The number of benzene rings is 1. The summed E-state index contributed by atoms with van der Waals surface area (Å²) in [5, 5.41) is 3.28. The standard InChI is InChI=1S/C20H19N5O2/c1-14(15-6-3-2-4-7-15)23-19-22-11-9-18(24-19)25-17(13-27-20(25)26)16-8-5-10-21-12-16/h2-12,14,17H,13H2,1H3,(H,22,23,24)/t14-,17-/m0/s1. The van der Waals surface area contributed by atoms with Gasteiger partial charge in [0.15, 0.2) is 0 Å². The molecular weight excluding hydrogens is 342 g/mol. The molecule has 0 unspecified atom stereocenters. The molecule has 0 bridgehead atoms. The first-order valence-corrected chi connectivity index (χ1v) is 8.73. The SMILES string of the molecule is C[C@H](Nc1nccc(N2C(=O)OC[C@H]2c2cccnc2)n1)c1ccccc1. The maximum Gasteiger partial charge on any atom is 0.416 e. The van der Waals surface area contributed by atoms with Crippen LogP contribution in [0, 0.1) is 0 Å². The van der Waals surface area contributed by atoms with E-state index in [-0.39, 0.29) is 18.7 Å². The topological polar surface area (TPSA) is 80.2 Å². The van der Waals surface area contributed by atoms with Crippen molar-refractivity contribution in [2.75, 3.05) is 16.8 Å². The van der Waals surface area contributed by atoms with Crippen LogP contribution in [0.15, 0.2) is 67.1 Å². The van der Waals surface area contributed by atoms with E-state index >= 15 is 0 Å². The summed E-state index contributed by atoms with van der Waals surface area (Å²) in [6.07, 6.45) is 4.64. The Balaban J connectivity index is 1.58. The zero-order valence-electron chi connectivity index (χ0n) is 14.8. The minimum atomic E-state index is -0.426. The van der Waals surface area contributed by atoms with Gasteiger partial charge in [0, 0.05) is 18.6 Å². The second-order valence-electron chi connectivity index (χ2n) is 6.26. The number of carbonyl (C=O) groups is 1. The maximum atomic E-state index is 12.3. The predicted molar refractivity (Wildman–Crippen MR) is 101 cm³/mol. The fourth-order valence-electron chi connectivity index (χ4n) is 3.06. The van der Waals surface area contributed by atoms with Gasteiger partial charge in [0.1, 0.15) is 18.5 Å². The van der Waals surface area contributed by atoms with Crippen molar-refractivity contribution in [3.05, 3.63) is 78.2 Å². The monoisotopic (exact) mass is 361 g/mol. The number of carbonyl (C=O) groups excluding carboxylic acids is 1. The van der Waals surface area contributed by atoms with Gasteiger partial charge in [0.25, 0.3) is 0 Å². The van der Waals surface area contributed by atoms with E-state index in [1.165, 1.54) is 4.90 Å². The zero-order valence-corrected chi connectivity index (χ0v) is 14.8. The Morgan fingerprint density at radius 3 is 2.78 bits per heavy atom. The molecule has 3 heterocycles. The summed E-state index contributed by atoms with van der Waals surface area (Å²) in [6.45, 7) is 2.30. The molecule has 1 aliphatic rings. The quantitative estimate of drug-likeness (QED) is 0.746. The van der Waals surface area contributed by atoms with Crippen LogP contribution in [0.5, 0.6) is 0 Å². The summed E-state index contributed by atoms with van der Waals surface area (Å²) in [4.78, 5) is 26.8. The van der Waals surface area contributed by atoms with E-state index in [0.717, 1.165) is 11.1 Å². The van der Waals surface area contributed by atoms with Gasteiger partial charge in [0.2, 0.25) is 5.95 Å². The van der Waals surface area contributed by atoms with Gasteiger partial charge < -0.3 is 10.1 Å². The molecule has 7 heteroatoms. The number of hydrogen-bond donors (Lipinski definition) is 1. The first kappa shape index (κ1) is 17.0. The number of pyridine rings is 1. The number of nitrogens with zero attached hydrogens (tertiary/aromatic N) is 4. The van der Waals surface area contributed by atoms with E-state index in [2.05, 4.69) is 20.3 Å². The minimum absolute atomic E-state index is 0.0288. The molecule has 3 aromatic rings. The lowest BCUT2D eigenvalue weighted by Gasteiger charge is -2.21. The van der Waals surface area contributed by atoms with Crippen molar-refractivity contribution in [1.82, 2.24) is 15.0 Å². The average molecular weight is 361 g/mol. The second kappa shape index (κ2) is 7.41. The van der Waals surface area contributed by atoms with Crippen LogP contribution in [0.3, 0.4) is 0 Å². The van der Waals surface area contributed by atoms with Crippen LogP contribution in [0.25, 0.3) is 0 Å². The number of rotatable bonds is 5. The normalized spacial score (nSPS) is 17.4. The third kappa shape index (κ3) is 3.57. The molecule has 0 aliphatic carbocycles. The van der Waals surface area contributed by atoms with Gasteiger partial charge in [-0.3, -0.25) is 9.88 Å². The molecule has 0 spiro atoms. The van der Waals surface area contributed by atoms with E-state index in [9.17, 15) is 4.79 Å². The second-order valence-corrected chi connectivity index (χ2v) is 6.26. The van der Waals surface area contributed by atoms with Crippen molar-refractivity contribution < 1.29 is 9.53 Å². The summed E-state index contributed by atoms with van der Waals surface area (Å²) in [5.74, 6) is 0.942. The van der Waals surface area contributed by atoms with Crippen LogP contribution in [0.2, 0.25) is 0 Å². The Morgan fingerprint density at radius 1 is 1.15 bits per heavy atom. The molecule has 0 radical (unpaired) electrons. The van der Waals surface area contributed by atoms with Crippen molar-refractivity contribution >= 4 is 17.9 Å². The van der Waals surface area contributed by atoms with E-state index < -0.39 is 6.09 Å². The summed E-state index contributed by atoms with van der Waals surface area (Å²) >= 11 is 0. The van der Waals surface area contributed by atoms with Crippen LogP contribution in [-0.2, 0) is 4.74 Å². The Hall–Kier alpha value is -3.48. The summed E-state index contributed by atoms with van der Waals surface area (Å²) in [6, 6.07) is 15.3.